The lowest BCUT2D eigenvalue weighted by Gasteiger charge is -2.11. The molecule has 0 radical (unpaired) electrons. The normalized spacial score (nSPS) is 13.3. The van der Waals surface area contributed by atoms with Gasteiger partial charge >= 0.3 is 0 Å². The summed E-state index contributed by atoms with van der Waals surface area (Å²) in [6, 6.07) is 8.14. The average Bonchev–Trinajstić information content (AvgIpc) is 3.34. The Morgan fingerprint density at radius 2 is 2.10 bits per heavy atom. The van der Waals surface area contributed by atoms with Crippen LogP contribution in [0.3, 0.4) is 0 Å². The molecule has 1 amide bonds. The van der Waals surface area contributed by atoms with E-state index >= 15 is 0 Å². The molecular weight excluding hydrogens is 384 g/mol. The zero-order valence-electron chi connectivity index (χ0n) is 16.9. The Labute approximate surface area is 174 Å². The van der Waals surface area contributed by atoms with Crippen LogP contribution in [0.1, 0.15) is 36.8 Å². The Bertz CT molecular complexity index is 985. The lowest BCUT2D eigenvalue weighted by molar-refractivity contribution is -0.118. The van der Waals surface area contributed by atoms with Crippen molar-refractivity contribution in [3.8, 4) is 11.4 Å². The van der Waals surface area contributed by atoms with E-state index in [1.807, 2.05) is 12.1 Å². The zero-order valence-corrected chi connectivity index (χ0v) is 17.7. The molecule has 1 aliphatic rings. The minimum atomic E-state index is -0.0240. The number of carbonyl (C=O) groups is 1. The topological polar surface area (TPSA) is 77.6 Å². The minimum absolute atomic E-state index is 0.0240. The Morgan fingerprint density at radius 3 is 2.90 bits per heavy atom. The van der Waals surface area contributed by atoms with Crippen LogP contribution in [0, 0.1) is 6.92 Å². The molecule has 3 aromatic rings. The van der Waals surface area contributed by atoms with Crippen LogP contribution in [0.25, 0.3) is 11.4 Å². The molecule has 7 nitrogen and oxygen atoms in total. The molecule has 152 valence electrons. The van der Waals surface area contributed by atoms with Crippen molar-refractivity contribution in [3.05, 3.63) is 47.5 Å². The first-order chi connectivity index (χ1) is 14.2. The highest BCUT2D eigenvalue weighted by Gasteiger charge is 2.16. The zero-order chi connectivity index (χ0) is 20.2. The molecule has 1 aromatic carbocycles. The van der Waals surface area contributed by atoms with Crippen molar-refractivity contribution >= 4 is 17.7 Å². The highest BCUT2D eigenvalue weighted by atomic mass is 32.2. The number of hydrogen-bond acceptors (Lipinski definition) is 5. The van der Waals surface area contributed by atoms with Crippen molar-refractivity contribution in [2.45, 2.75) is 57.9 Å². The van der Waals surface area contributed by atoms with Gasteiger partial charge in [0, 0.05) is 31.3 Å². The summed E-state index contributed by atoms with van der Waals surface area (Å²) in [5.74, 6) is 2.26. The number of amides is 1. The number of benzene rings is 1. The van der Waals surface area contributed by atoms with E-state index in [-0.39, 0.29) is 5.91 Å². The molecule has 0 saturated heterocycles. The van der Waals surface area contributed by atoms with Crippen LogP contribution < -0.4 is 5.32 Å². The monoisotopic (exact) mass is 410 g/mol. The number of nitrogens with zero attached hydrogens (tertiary/aromatic N) is 5. The Balaban J connectivity index is 1.36. The van der Waals surface area contributed by atoms with Crippen molar-refractivity contribution in [3.63, 3.8) is 0 Å². The molecule has 0 aliphatic carbocycles. The van der Waals surface area contributed by atoms with Gasteiger partial charge in [-0.25, -0.2) is 4.98 Å². The van der Waals surface area contributed by atoms with Gasteiger partial charge in [0.15, 0.2) is 11.0 Å². The van der Waals surface area contributed by atoms with E-state index in [2.05, 4.69) is 61.8 Å². The van der Waals surface area contributed by atoms with Gasteiger partial charge in [0.25, 0.3) is 0 Å². The first-order valence-electron chi connectivity index (χ1n) is 10.1. The Hall–Kier alpha value is -2.61. The SMILES string of the molecule is CCn1c(SCC(=O)NCc2cn3c(n2)CCCC3)nnc1-c1ccccc1C. The molecule has 0 spiro atoms. The summed E-state index contributed by atoms with van der Waals surface area (Å²) < 4.78 is 4.26. The van der Waals surface area contributed by atoms with E-state index in [9.17, 15) is 4.79 Å². The number of aromatic nitrogens is 5. The van der Waals surface area contributed by atoms with E-state index in [1.165, 1.54) is 24.6 Å². The van der Waals surface area contributed by atoms with E-state index in [0.717, 1.165) is 53.1 Å². The molecular formula is C21H26N6OS. The predicted molar refractivity (Wildman–Crippen MR) is 114 cm³/mol. The maximum absolute atomic E-state index is 12.3. The van der Waals surface area contributed by atoms with Gasteiger partial charge in [0.1, 0.15) is 5.82 Å². The molecule has 4 rings (SSSR count). The van der Waals surface area contributed by atoms with Crippen LogP contribution >= 0.6 is 11.8 Å². The fraction of sp³-hybridized carbons (Fsp3) is 0.429. The maximum Gasteiger partial charge on any atom is 0.230 e. The minimum Gasteiger partial charge on any atom is -0.350 e. The van der Waals surface area contributed by atoms with Gasteiger partial charge in [-0.05, 0) is 32.3 Å². The third-order valence-electron chi connectivity index (χ3n) is 5.18. The standard InChI is InChI=1S/C21H26N6OS/c1-3-27-20(17-9-5-4-8-15(17)2)24-25-21(27)29-14-19(28)22-12-16-13-26-11-7-6-10-18(26)23-16/h4-5,8-9,13H,3,6-7,10-12,14H2,1-2H3,(H,22,28). The largest absolute Gasteiger partial charge is 0.350 e. The number of aryl methyl sites for hydroxylation is 3. The summed E-state index contributed by atoms with van der Waals surface area (Å²) >= 11 is 1.42. The maximum atomic E-state index is 12.3. The molecule has 8 heteroatoms. The van der Waals surface area contributed by atoms with Gasteiger partial charge in [-0.2, -0.15) is 0 Å². The van der Waals surface area contributed by atoms with E-state index in [4.69, 9.17) is 0 Å². The van der Waals surface area contributed by atoms with Crippen LogP contribution in [-0.2, 0) is 30.8 Å². The van der Waals surface area contributed by atoms with Crippen molar-refractivity contribution < 1.29 is 4.79 Å². The summed E-state index contributed by atoms with van der Waals surface area (Å²) in [5.41, 5.74) is 3.16. The first kappa shape index (κ1) is 19.7. The molecule has 0 bridgehead atoms. The van der Waals surface area contributed by atoms with Crippen LogP contribution in [-0.4, -0.2) is 36.0 Å². The fourth-order valence-electron chi connectivity index (χ4n) is 3.63. The molecule has 0 fully saturated rings. The molecule has 0 saturated carbocycles. The molecule has 1 N–H and O–H groups in total. The summed E-state index contributed by atoms with van der Waals surface area (Å²) in [6.45, 7) is 6.38. The number of carbonyl (C=O) groups excluding carboxylic acids is 1. The molecule has 2 aromatic heterocycles. The molecule has 3 heterocycles. The van der Waals surface area contributed by atoms with E-state index in [1.54, 1.807) is 0 Å². The van der Waals surface area contributed by atoms with Gasteiger partial charge < -0.3 is 14.5 Å². The van der Waals surface area contributed by atoms with Crippen molar-refractivity contribution in [2.75, 3.05) is 5.75 Å². The van der Waals surface area contributed by atoms with Gasteiger partial charge in [0.05, 0.1) is 18.0 Å². The van der Waals surface area contributed by atoms with Gasteiger partial charge in [-0.15, -0.1) is 10.2 Å². The smallest absolute Gasteiger partial charge is 0.230 e. The second kappa shape index (κ2) is 8.82. The number of nitrogens with one attached hydrogen (secondary N) is 1. The van der Waals surface area contributed by atoms with Crippen LogP contribution in [0.2, 0.25) is 0 Å². The average molecular weight is 411 g/mol. The lowest BCUT2D eigenvalue weighted by atomic mass is 10.1. The first-order valence-corrected chi connectivity index (χ1v) is 11.1. The van der Waals surface area contributed by atoms with Crippen molar-refractivity contribution in [2.24, 2.45) is 0 Å². The Kier molecular flexibility index (Phi) is 5.99. The number of thioether (sulfide) groups is 1. The summed E-state index contributed by atoms with van der Waals surface area (Å²) in [7, 11) is 0. The fourth-order valence-corrected chi connectivity index (χ4v) is 4.46. The van der Waals surface area contributed by atoms with E-state index in [0.29, 0.717) is 12.3 Å². The third-order valence-corrected chi connectivity index (χ3v) is 6.14. The predicted octanol–water partition coefficient (Wildman–Crippen LogP) is 3.21. The second-order valence-electron chi connectivity index (χ2n) is 7.23. The summed E-state index contributed by atoms with van der Waals surface area (Å²) in [5, 5.41) is 12.4. The highest BCUT2D eigenvalue weighted by Crippen LogP contribution is 2.26. The molecule has 0 unspecified atom stereocenters. The third kappa shape index (κ3) is 4.37. The molecule has 1 aliphatic heterocycles. The Morgan fingerprint density at radius 1 is 1.24 bits per heavy atom. The van der Waals surface area contributed by atoms with Gasteiger partial charge in [-0.1, -0.05) is 36.0 Å². The molecule has 29 heavy (non-hydrogen) atoms. The molecule has 0 atom stereocenters. The van der Waals surface area contributed by atoms with Gasteiger partial charge in [0.2, 0.25) is 5.91 Å². The quantitative estimate of drug-likeness (QED) is 0.605. The lowest BCUT2D eigenvalue weighted by Crippen LogP contribution is -2.25. The number of hydrogen-bond donors (Lipinski definition) is 1. The number of rotatable bonds is 7. The summed E-state index contributed by atoms with van der Waals surface area (Å²) in [6.07, 6.45) is 5.49. The van der Waals surface area contributed by atoms with Crippen molar-refractivity contribution in [1.29, 1.82) is 0 Å². The number of imidazole rings is 1. The van der Waals surface area contributed by atoms with Crippen LogP contribution in [0.15, 0.2) is 35.6 Å². The second-order valence-corrected chi connectivity index (χ2v) is 8.17. The summed E-state index contributed by atoms with van der Waals surface area (Å²) in [4.78, 5) is 17.0. The van der Waals surface area contributed by atoms with E-state index < -0.39 is 0 Å². The van der Waals surface area contributed by atoms with Crippen LogP contribution in [0.5, 0.6) is 0 Å². The van der Waals surface area contributed by atoms with Crippen molar-refractivity contribution in [1.82, 2.24) is 29.6 Å². The van der Waals surface area contributed by atoms with Crippen LogP contribution in [0.4, 0.5) is 0 Å². The van der Waals surface area contributed by atoms with Gasteiger partial charge in [-0.3, -0.25) is 4.79 Å². The highest BCUT2D eigenvalue weighted by molar-refractivity contribution is 7.99. The number of fused-ring (bicyclic) bond motifs is 1.